The molecule has 150 valence electrons. The Morgan fingerprint density at radius 1 is 1.11 bits per heavy atom. The molecular weight excluding hydrogens is 372 g/mol. The van der Waals surface area contributed by atoms with E-state index in [0.29, 0.717) is 44.8 Å². The van der Waals surface area contributed by atoms with Crippen molar-refractivity contribution in [3.63, 3.8) is 0 Å². The zero-order valence-electron chi connectivity index (χ0n) is 15.2. The number of carboxylic acids is 1. The van der Waals surface area contributed by atoms with Gasteiger partial charge >= 0.3 is 5.97 Å². The summed E-state index contributed by atoms with van der Waals surface area (Å²) in [6, 6.07) is 6.03. The lowest BCUT2D eigenvalue weighted by atomic mass is 10.1. The maximum Gasteiger partial charge on any atom is 0.303 e. The lowest BCUT2D eigenvalue weighted by molar-refractivity contribution is -0.137. The average Bonchev–Trinajstić information content (AvgIpc) is 2.67. The van der Waals surface area contributed by atoms with Crippen LogP contribution in [-0.4, -0.2) is 62.6 Å². The number of sulfonamides is 1. The van der Waals surface area contributed by atoms with Gasteiger partial charge in [0.15, 0.2) is 0 Å². The summed E-state index contributed by atoms with van der Waals surface area (Å²) in [7, 11) is -3.64. The molecule has 8 nitrogen and oxygen atoms in total. The van der Waals surface area contributed by atoms with Gasteiger partial charge in [-0.3, -0.25) is 9.59 Å². The molecule has 1 aromatic rings. The van der Waals surface area contributed by atoms with Crippen molar-refractivity contribution in [1.82, 2.24) is 9.62 Å². The quantitative estimate of drug-likeness (QED) is 0.577. The highest BCUT2D eigenvalue weighted by molar-refractivity contribution is 7.89. The number of nitrogens with one attached hydrogen (secondary N) is 1. The first kappa shape index (κ1) is 21.3. The number of unbranched alkanes of at least 4 members (excludes halogenated alkanes) is 3. The monoisotopic (exact) mass is 398 g/mol. The fourth-order valence-corrected chi connectivity index (χ4v) is 4.25. The van der Waals surface area contributed by atoms with Crippen molar-refractivity contribution < 1.29 is 27.9 Å². The summed E-state index contributed by atoms with van der Waals surface area (Å²) < 4.78 is 31.9. The van der Waals surface area contributed by atoms with Crippen LogP contribution < -0.4 is 5.32 Å². The lowest BCUT2D eigenvalue weighted by Gasteiger charge is -2.26. The molecule has 1 aliphatic rings. The summed E-state index contributed by atoms with van der Waals surface area (Å²) in [6.07, 6.45) is 3.17. The van der Waals surface area contributed by atoms with E-state index in [0.717, 1.165) is 19.3 Å². The van der Waals surface area contributed by atoms with Gasteiger partial charge in [-0.15, -0.1) is 0 Å². The number of carboxylic acid groups (broad SMARTS) is 1. The van der Waals surface area contributed by atoms with E-state index in [1.165, 1.54) is 16.4 Å². The third-order valence-corrected chi connectivity index (χ3v) is 6.20. The predicted octanol–water partition coefficient (Wildman–Crippen LogP) is 1.47. The summed E-state index contributed by atoms with van der Waals surface area (Å²) in [5.41, 5.74) is 0.301. The Kier molecular flexibility index (Phi) is 8.21. The molecule has 2 N–H and O–H groups in total. The molecule has 0 spiro atoms. The molecule has 0 saturated carbocycles. The van der Waals surface area contributed by atoms with Crippen molar-refractivity contribution in [3.05, 3.63) is 29.8 Å². The predicted molar refractivity (Wildman–Crippen MR) is 99.1 cm³/mol. The summed E-state index contributed by atoms with van der Waals surface area (Å²) in [5.74, 6) is -1.12. The number of amides is 1. The molecule has 2 rings (SSSR count). The summed E-state index contributed by atoms with van der Waals surface area (Å²) in [4.78, 5) is 22.8. The van der Waals surface area contributed by atoms with E-state index in [9.17, 15) is 18.0 Å². The van der Waals surface area contributed by atoms with Crippen LogP contribution in [0.25, 0.3) is 0 Å². The van der Waals surface area contributed by atoms with Crippen LogP contribution in [0.1, 0.15) is 42.5 Å². The van der Waals surface area contributed by atoms with Gasteiger partial charge in [0, 0.05) is 31.6 Å². The number of carbonyl (C=O) groups excluding carboxylic acids is 1. The van der Waals surface area contributed by atoms with E-state index >= 15 is 0 Å². The molecule has 0 atom stereocenters. The van der Waals surface area contributed by atoms with Gasteiger partial charge < -0.3 is 15.2 Å². The fourth-order valence-electron chi connectivity index (χ4n) is 2.79. The SMILES string of the molecule is O=C(O)CCCCCCNC(=O)c1cccc(S(=O)(=O)N2CCOCC2)c1. The molecule has 9 heteroatoms. The van der Waals surface area contributed by atoms with Crippen LogP contribution in [0.5, 0.6) is 0 Å². The van der Waals surface area contributed by atoms with Gasteiger partial charge in [0.2, 0.25) is 10.0 Å². The smallest absolute Gasteiger partial charge is 0.303 e. The highest BCUT2D eigenvalue weighted by Crippen LogP contribution is 2.18. The summed E-state index contributed by atoms with van der Waals surface area (Å²) in [5, 5.41) is 11.3. The van der Waals surface area contributed by atoms with Gasteiger partial charge in [-0.1, -0.05) is 18.9 Å². The normalized spacial score (nSPS) is 15.4. The van der Waals surface area contributed by atoms with Crippen LogP contribution in [0.15, 0.2) is 29.2 Å². The van der Waals surface area contributed by atoms with Gasteiger partial charge in [-0.25, -0.2) is 8.42 Å². The minimum atomic E-state index is -3.64. The average molecular weight is 398 g/mol. The van der Waals surface area contributed by atoms with E-state index in [2.05, 4.69) is 5.32 Å². The number of morpholine rings is 1. The standard InChI is InChI=1S/C18H26N2O6S/c21-17(22)8-3-1-2-4-9-19-18(23)15-6-5-7-16(14-15)27(24,25)20-10-12-26-13-11-20/h5-7,14H,1-4,8-13H2,(H,19,23)(H,21,22). The van der Waals surface area contributed by atoms with Crippen LogP contribution in [0.3, 0.4) is 0 Å². The number of ether oxygens (including phenoxy) is 1. The number of hydrogen-bond donors (Lipinski definition) is 2. The van der Waals surface area contributed by atoms with Crippen LogP contribution in [0.2, 0.25) is 0 Å². The van der Waals surface area contributed by atoms with Gasteiger partial charge in [-0.2, -0.15) is 4.31 Å². The molecule has 1 heterocycles. The molecule has 0 radical (unpaired) electrons. The van der Waals surface area contributed by atoms with E-state index < -0.39 is 16.0 Å². The molecule has 1 saturated heterocycles. The Balaban J connectivity index is 1.85. The minimum absolute atomic E-state index is 0.103. The Labute approximate surface area is 159 Å². The van der Waals surface area contributed by atoms with Gasteiger partial charge in [0.1, 0.15) is 0 Å². The second kappa shape index (κ2) is 10.4. The van der Waals surface area contributed by atoms with Gasteiger partial charge in [-0.05, 0) is 31.0 Å². The molecule has 27 heavy (non-hydrogen) atoms. The topological polar surface area (TPSA) is 113 Å². The molecule has 1 aromatic carbocycles. The number of hydrogen-bond acceptors (Lipinski definition) is 5. The van der Waals surface area contributed by atoms with Crippen molar-refractivity contribution in [2.24, 2.45) is 0 Å². The highest BCUT2D eigenvalue weighted by Gasteiger charge is 2.26. The van der Waals surface area contributed by atoms with Crippen molar-refractivity contribution >= 4 is 21.9 Å². The molecule has 0 bridgehead atoms. The first-order valence-electron chi connectivity index (χ1n) is 9.09. The van der Waals surface area contributed by atoms with Crippen molar-refractivity contribution in [3.8, 4) is 0 Å². The highest BCUT2D eigenvalue weighted by atomic mass is 32.2. The van der Waals surface area contributed by atoms with E-state index in [1.54, 1.807) is 12.1 Å². The van der Waals surface area contributed by atoms with Crippen LogP contribution in [0, 0.1) is 0 Å². The van der Waals surface area contributed by atoms with Crippen molar-refractivity contribution in [1.29, 1.82) is 0 Å². The van der Waals surface area contributed by atoms with Crippen molar-refractivity contribution in [2.45, 2.75) is 37.0 Å². The zero-order valence-corrected chi connectivity index (χ0v) is 16.0. The molecule has 0 unspecified atom stereocenters. The molecule has 0 aliphatic carbocycles. The second-order valence-electron chi connectivity index (χ2n) is 6.36. The number of aliphatic carboxylic acids is 1. The zero-order chi connectivity index (χ0) is 19.7. The Hall–Kier alpha value is -1.97. The molecule has 0 aromatic heterocycles. The maximum atomic E-state index is 12.7. The van der Waals surface area contributed by atoms with E-state index in [1.807, 2.05) is 0 Å². The van der Waals surface area contributed by atoms with Crippen LogP contribution in [0.4, 0.5) is 0 Å². The largest absolute Gasteiger partial charge is 0.481 e. The molecular formula is C18H26N2O6S. The Bertz CT molecular complexity index is 744. The molecule has 1 fully saturated rings. The first-order valence-corrected chi connectivity index (χ1v) is 10.5. The number of benzene rings is 1. The molecule has 1 amide bonds. The first-order chi connectivity index (χ1) is 12.9. The third kappa shape index (κ3) is 6.60. The van der Waals surface area contributed by atoms with Gasteiger partial charge in [0.25, 0.3) is 5.91 Å². The maximum absolute atomic E-state index is 12.7. The number of nitrogens with zero attached hydrogens (tertiary/aromatic N) is 1. The van der Waals surface area contributed by atoms with Gasteiger partial charge in [0.05, 0.1) is 18.1 Å². The van der Waals surface area contributed by atoms with E-state index in [-0.39, 0.29) is 17.2 Å². The lowest BCUT2D eigenvalue weighted by Crippen LogP contribution is -2.40. The number of carbonyl (C=O) groups is 2. The van der Waals surface area contributed by atoms with Crippen molar-refractivity contribution in [2.75, 3.05) is 32.8 Å². The minimum Gasteiger partial charge on any atom is -0.481 e. The third-order valence-electron chi connectivity index (χ3n) is 4.31. The van der Waals surface area contributed by atoms with Crippen LogP contribution >= 0.6 is 0 Å². The number of rotatable bonds is 10. The fraction of sp³-hybridized carbons (Fsp3) is 0.556. The Morgan fingerprint density at radius 2 is 1.81 bits per heavy atom. The summed E-state index contributed by atoms with van der Waals surface area (Å²) >= 11 is 0. The second-order valence-corrected chi connectivity index (χ2v) is 8.30. The summed E-state index contributed by atoms with van der Waals surface area (Å²) in [6.45, 7) is 1.81. The van der Waals surface area contributed by atoms with Crippen LogP contribution in [-0.2, 0) is 19.6 Å². The van der Waals surface area contributed by atoms with E-state index in [4.69, 9.17) is 9.84 Å². The molecule has 1 aliphatic heterocycles. The Morgan fingerprint density at radius 3 is 2.52 bits per heavy atom.